The van der Waals surface area contributed by atoms with Crippen molar-refractivity contribution in [1.29, 1.82) is 0 Å². The Kier molecular flexibility index (Phi) is 4.20. The SMILES string of the molecule is O=C(c1cccnc1)C1CNCCN1C(=O)c1cccnc1. The van der Waals surface area contributed by atoms with Gasteiger partial charge in [-0.1, -0.05) is 0 Å². The first-order chi connectivity index (χ1) is 10.8. The molecule has 3 heterocycles. The molecule has 1 aliphatic rings. The van der Waals surface area contributed by atoms with Crippen molar-refractivity contribution in [3.8, 4) is 0 Å². The van der Waals surface area contributed by atoms with Crippen LogP contribution in [-0.4, -0.2) is 52.2 Å². The highest BCUT2D eigenvalue weighted by molar-refractivity contribution is 6.04. The molecule has 22 heavy (non-hydrogen) atoms. The third kappa shape index (κ3) is 2.87. The molecule has 1 unspecified atom stereocenters. The standard InChI is InChI=1S/C16H16N4O2/c21-15(12-3-1-5-17-9-12)14-11-19-7-8-20(14)16(22)13-4-2-6-18-10-13/h1-6,9-10,14,19H,7-8,11H2. The van der Waals surface area contributed by atoms with Gasteiger partial charge in [-0.15, -0.1) is 0 Å². The number of pyridine rings is 2. The zero-order valence-electron chi connectivity index (χ0n) is 12.0. The lowest BCUT2D eigenvalue weighted by molar-refractivity contribution is 0.0569. The van der Waals surface area contributed by atoms with Crippen LogP contribution >= 0.6 is 0 Å². The van der Waals surface area contributed by atoms with Crippen LogP contribution in [0.15, 0.2) is 49.1 Å². The summed E-state index contributed by atoms with van der Waals surface area (Å²) in [4.78, 5) is 34.9. The molecule has 2 aromatic rings. The number of nitrogens with zero attached hydrogens (tertiary/aromatic N) is 3. The highest BCUT2D eigenvalue weighted by Gasteiger charge is 2.33. The second-order valence-electron chi connectivity index (χ2n) is 5.07. The van der Waals surface area contributed by atoms with Crippen LogP contribution in [0.25, 0.3) is 0 Å². The summed E-state index contributed by atoms with van der Waals surface area (Å²) in [5.74, 6) is -0.269. The molecule has 1 saturated heterocycles. The van der Waals surface area contributed by atoms with Gasteiger partial charge in [-0.05, 0) is 24.3 Å². The number of amides is 1. The summed E-state index contributed by atoms with van der Waals surface area (Å²) in [6.45, 7) is 1.60. The predicted molar refractivity (Wildman–Crippen MR) is 80.5 cm³/mol. The fourth-order valence-corrected chi connectivity index (χ4v) is 2.54. The molecular weight excluding hydrogens is 280 g/mol. The summed E-state index contributed by atoms with van der Waals surface area (Å²) in [5.41, 5.74) is 1.01. The maximum atomic E-state index is 12.7. The summed E-state index contributed by atoms with van der Waals surface area (Å²) >= 11 is 0. The van der Waals surface area contributed by atoms with E-state index < -0.39 is 6.04 Å². The Balaban J connectivity index is 1.86. The third-order valence-electron chi connectivity index (χ3n) is 3.66. The third-order valence-corrected chi connectivity index (χ3v) is 3.66. The fraction of sp³-hybridized carbons (Fsp3) is 0.250. The first kappa shape index (κ1) is 14.3. The Morgan fingerprint density at radius 1 is 1.09 bits per heavy atom. The maximum absolute atomic E-state index is 12.7. The molecule has 1 N–H and O–H groups in total. The Morgan fingerprint density at radius 2 is 1.77 bits per heavy atom. The average molecular weight is 296 g/mol. The first-order valence-electron chi connectivity index (χ1n) is 7.13. The number of Topliss-reactive ketones (excluding diaryl/α,β-unsaturated/α-hetero) is 1. The van der Waals surface area contributed by atoms with Crippen molar-refractivity contribution < 1.29 is 9.59 Å². The number of carbonyl (C=O) groups is 2. The van der Waals surface area contributed by atoms with Gasteiger partial charge in [0.05, 0.1) is 5.56 Å². The quantitative estimate of drug-likeness (QED) is 0.847. The number of hydrogen-bond acceptors (Lipinski definition) is 5. The van der Waals surface area contributed by atoms with Crippen LogP contribution in [0.2, 0.25) is 0 Å². The van der Waals surface area contributed by atoms with Crippen molar-refractivity contribution in [2.75, 3.05) is 19.6 Å². The second kappa shape index (κ2) is 6.44. The highest BCUT2D eigenvalue weighted by Crippen LogP contribution is 2.14. The molecule has 1 aliphatic heterocycles. The van der Waals surface area contributed by atoms with E-state index in [1.807, 2.05) is 0 Å². The van der Waals surface area contributed by atoms with Crippen molar-refractivity contribution >= 4 is 11.7 Å². The molecule has 0 bridgehead atoms. The first-order valence-corrected chi connectivity index (χ1v) is 7.13. The van der Waals surface area contributed by atoms with Crippen molar-refractivity contribution in [3.63, 3.8) is 0 Å². The van der Waals surface area contributed by atoms with Crippen molar-refractivity contribution in [1.82, 2.24) is 20.2 Å². The van der Waals surface area contributed by atoms with Crippen LogP contribution < -0.4 is 5.32 Å². The molecule has 1 atom stereocenters. The Labute approximate surface area is 128 Å². The zero-order valence-corrected chi connectivity index (χ0v) is 12.0. The van der Waals surface area contributed by atoms with E-state index in [1.165, 1.54) is 12.4 Å². The Hall–Kier alpha value is -2.60. The number of ketones is 1. The van der Waals surface area contributed by atoms with E-state index >= 15 is 0 Å². The molecule has 0 aliphatic carbocycles. The monoisotopic (exact) mass is 296 g/mol. The molecule has 0 radical (unpaired) electrons. The zero-order chi connectivity index (χ0) is 15.4. The average Bonchev–Trinajstić information content (AvgIpc) is 2.62. The number of hydrogen-bond donors (Lipinski definition) is 1. The Bertz CT molecular complexity index is 601. The van der Waals surface area contributed by atoms with E-state index in [2.05, 4.69) is 15.3 Å². The van der Waals surface area contributed by atoms with E-state index in [-0.39, 0.29) is 11.7 Å². The molecule has 0 spiro atoms. The number of carbonyl (C=O) groups excluding carboxylic acids is 2. The lowest BCUT2D eigenvalue weighted by atomic mass is 10.0. The van der Waals surface area contributed by atoms with Crippen LogP contribution in [0.3, 0.4) is 0 Å². The van der Waals surface area contributed by atoms with Crippen molar-refractivity contribution in [3.05, 3.63) is 60.2 Å². The smallest absolute Gasteiger partial charge is 0.256 e. The molecule has 6 nitrogen and oxygen atoms in total. The summed E-state index contributed by atoms with van der Waals surface area (Å²) in [7, 11) is 0. The maximum Gasteiger partial charge on any atom is 0.256 e. The molecule has 2 aromatic heterocycles. The highest BCUT2D eigenvalue weighted by atomic mass is 16.2. The van der Waals surface area contributed by atoms with E-state index in [4.69, 9.17) is 0 Å². The van der Waals surface area contributed by atoms with Crippen LogP contribution in [0.1, 0.15) is 20.7 Å². The number of nitrogens with one attached hydrogen (secondary N) is 1. The van der Waals surface area contributed by atoms with Gasteiger partial charge in [0.15, 0.2) is 5.78 Å². The van der Waals surface area contributed by atoms with Gasteiger partial charge in [-0.3, -0.25) is 19.6 Å². The summed E-state index contributed by atoms with van der Waals surface area (Å²) < 4.78 is 0. The fourth-order valence-electron chi connectivity index (χ4n) is 2.54. The number of aromatic nitrogens is 2. The molecule has 0 saturated carbocycles. The number of rotatable bonds is 3. The van der Waals surface area contributed by atoms with E-state index in [0.717, 1.165) is 0 Å². The molecule has 6 heteroatoms. The molecule has 3 rings (SSSR count). The lowest BCUT2D eigenvalue weighted by Gasteiger charge is -2.35. The van der Waals surface area contributed by atoms with E-state index in [1.54, 1.807) is 41.6 Å². The second-order valence-corrected chi connectivity index (χ2v) is 5.07. The van der Waals surface area contributed by atoms with Gasteiger partial charge >= 0.3 is 0 Å². The predicted octanol–water partition coefficient (Wildman–Crippen LogP) is 0.773. The van der Waals surface area contributed by atoms with Crippen LogP contribution in [0.5, 0.6) is 0 Å². The lowest BCUT2D eigenvalue weighted by Crippen LogP contribution is -2.57. The van der Waals surface area contributed by atoms with Gasteiger partial charge in [-0.2, -0.15) is 0 Å². The minimum Gasteiger partial charge on any atom is -0.326 e. The Morgan fingerprint density at radius 3 is 2.41 bits per heavy atom. The van der Waals surface area contributed by atoms with Gasteiger partial charge in [0, 0.05) is 50.0 Å². The van der Waals surface area contributed by atoms with Crippen molar-refractivity contribution in [2.45, 2.75) is 6.04 Å². The van der Waals surface area contributed by atoms with Crippen LogP contribution in [-0.2, 0) is 0 Å². The largest absolute Gasteiger partial charge is 0.326 e. The summed E-state index contributed by atoms with van der Waals surface area (Å²) in [6, 6.07) is 6.34. The van der Waals surface area contributed by atoms with Gasteiger partial charge < -0.3 is 10.2 Å². The summed E-state index contributed by atoms with van der Waals surface area (Å²) in [6.07, 6.45) is 6.29. The molecular formula is C16H16N4O2. The minimum atomic E-state index is -0.523. The topological polar surface area (TPSA) is 75.2 Å². The van der Waals surface area contributed by atoms with E-state index in [0.29, 0.717) is 30.8 Å². The molecule has 0 aromatic carbocycles. The van der Waals surface area contributed by atoms with Crippen LogP contribution in [0, 0.1) is 0 Å². The van der Waals surface area contributed by atoms with Gasteiger partial charge in [0.1, 0.15) is 6.04 Å². The molecule has 1 fully saturated rings. The number of piperazine rings is 1. The summed E-state index contributed by atoms with van der Waals surface area (Å²) in [5, 5.41) is 3.17. The van der Waals surface area contributed by atoms with Crippen LogP contribution in [0.4, 0.5) is 0 Å². The van der Waals surface area contributed by atoms with Gasteiger partial charge in [0.25, 0.3) is 5.91 Å². The van der Waals surface area contributed by atoms with Crippen molar-refractivity contribution in [2.24, 2.45) is 0 Å². The minimum absolute atomic E-state index is 0.0995. The molecule has 1 amide bonds. The normalized spacial score (nSPS) is 18.0. The van der Waals surface area contributed by atoms with Gasteiger partial charge in [-0.25, -0.2) is 0 Å². The molecule has 112 valence electrons. The van der Waals surface area contributed by atoms with E-state index in [9.17, 15) is 9.59 Å². The van der Waals surface area contributed by atoms with Gasteiger partial charge in [0.2, 0.25) is 0 Å².